The zero-order valence-corrected chi connectivity index (χ0v) is 10.5. The SMILES string of the molecule is N#CC1(C2(O)CCN(C3CC3)C2)CCCCC1. The molecule has 0 aromatic carbocycles. The van der Waals surface area contributed by atoms with Crippen LogP contribution in [0.5, 0.6) is 0 Å². The second kappa shape index (κ2) is 3.96. The lowest BCUT2D eigenvalue weighted by molar-refractivity contribution is -0.0635. The minimum atomic E-state index is -0.731. The van der Waals surface area contributed by atoms with E-state index in [9.17, 15) is 10.4 Å². The summed E-state index contributed by atoms with van der Waals surface area (Å²) in [5, 5.41) is 20.5. The predicted molar refractivity (Wildman–Crippen MR) is 65.3 cm³/mol. The Hall–Kier alpha value is -0.590. The molecule has 0 spiro atoms. The van der Waals surface area contributed by atoms with Crippen molar-refractivity contribution in [3.8, 4) is 6.07 Å². The molecule has 2 saturated carbocycles. The molecule has 0 amide bonds. The van der Waals surface area contributed by atoms with E-state index in [4.69, 9.17) is 0 Å². The van der Waals surface area contributed by atoms with E-state index in [1.54, 1.807) is 0 Å². The third-order valence-corrected chi connectivity index (χ3v) is 5.15. The maximum absolute atomic E-state index is 10.9. The molecule has 3 aliphatic rings. The normalized spacial score (nSPS) is 37.9. The first-order valence-corrected chi connectivity index (χ1v) is 7.07. The summed E-state index contributed by atoms with van der Waals surface area (Å²) in [6.07, 6.45) is 8.63. The van der Waals surface area contributed by atoms with Crippen LogP contribution in [0.1, 0.15) is 51.4 Å². The molecule has 0 aromatic heterocycles. The van der Waals surface area contributed by atoms with Gasteiger partial charge in [0.25, 0.3) is 0 Å². The molecule has 0 bridgehead atoms. The second-order valence-corrected chi connectivity index (χ2v) is 6.24. The first-order chi connectivity index (χ1) is 8.19. The number of likely N-dealkylation sites (tertiary alicyclic amines) is 1. The highest BCUT2D eigenvalue weighted by Gasteiger charge is 2.55. The van der Waals surface area contributed by atoms with Crippen LogP contribution < -0.4 is 0 Å². The van der Waals surface area contributed by atoms with Crippen LogP contribution in [0.25, 0.3) is 0 Å². The Balaban J connectivity index is 1.78. The third kappa shape index (κ3) is 1.78. The van der Waals surface area contributed by atoms with E-state index in [0.29, 0.717) is 6.04 Å². The van der Waals surface area contributed by atoms with E-state index in [1.807, 2.05) is 0 Å². The van der Waals surface area contributed by atoms with Gasteiger partial charge in [0, 0.05) is 19.1 Å². The van der Waals surface area contributed by atoms with Gasteiger partial charge in [-0.05, 0) is 32.1 Å². The van der Waals surface area contributed by atoms with Gasteiger partial charge in [-0.3, -0.25) is 4.90 Å². The Labute approximate surface area is 103 Å². The lowest BCUT2D eigenvalue weighted by atomic mass is 9.63. The summed E-state index contributed by atoms with van der Waals surface area (Å²) in [4.78, 5) is 2.41. The van der Waals surface area contributed by atoms with Crippen LogP contribution in [0.4, 0.5) is 0 Å². The number of β-amino-alcohol motifs (C(OH)–C–C–N with tert-alkyl or cyclic N) is 1. The summed E-state index contributed by atoms with van der Waals surface area (Å²) < 4.78 is 0. The first kappa shape index (κ1) is 11.5. The van der Waals surface area contributed by atoms with Crippen LogP contribution in [0.2, 0.25) is 0 Å². The Bertz CT molecular complexity index is 339. The van der Waals surface area contributed by atoms with Crippen molar-refractivity contribution in [2.24, 2.45) is 5.41 Å². The lowest BCUT2D eigenvalue weighted by Crippen LogP contribution is -2.50. The Morgan fingerprint density at radius 2 is 1.82 bits per heavy atom. The summed E-state index contributed by atoms with van der Waals surface area (Å²) in [7, 11) is 0. The number of aliphatic hydroxyl groups is 1. The van der Waals surface area contributed by atoms with Crippen LogP contribution in [0.3, 0.4) is 0 Å². The molecule has 17 heavy (non-hydrogen) atoms. The molecule has 1 atom stereocenters. The van der Waals surface area contributed by atoms with Crippen molar-refractivity contribution < 1.29 is 5.11 Å². The quantitative estimate of drug-likeness (QED) is 0.795. The van der Waals surface area contributed by atoms with Crippen molar-refractivity contribution in [3.05, 3.63) is 0 Å². The number of rotatable bonds is 2. The fourth-order valence-electron chi connectivity index (χ4n) is 3.80. The van der Waals surface area contributed by atoms with Crippen LogP contribution in [-0.2, 0) is 0 Å². The Morgan fingerprint density at radius 3 is 2.41 bits per heavy atom. The molecular formula is C14H22N2O. The van der Waals surface area contributed by atoms with Gasteiger partial charge in [0.1, 0.15) is 0 Å². The van der Waals surface area contributed by atoms with Crippen LogP contribution in [0, 0.1) is 16.7 Å². The molecule has 1 unspecified atom stereocenters. The fraction of sp³-hybridized carbons (Fsp3) is 0.929. The van der Waals surface area contributed by atoms with E-state index in [0.717, 1.165) is 45.2 Å². The van der Waals surface area contributed by atoms with Crippen LogP contribution in [-0.4, -0.2) is 34.7 Å². The van der Waals surface area contributed by atoms with E-state index >= 15 is 0 Å². The first-order valence-electron chi connectivity index (χ1n) is 7.07. The topological polar surface area (TPSA) is 47.3 Å². The number of hydrogen-bond acceptors (Lipinski definition) is 3. The minimum absolute atomic E-state index is 0.450. The summed E-state index contributed by atoms with van der Waals surface area (Å²) in [5.74, 6) is 0. The molecule has 1 aliphatic heterocycles. The molecule has 3 heteroatoms. The van der Waals surface area contributed by atoms with Crippen molar-refractivity contribution in [3.63, 3.8) is 0 Å². The Morgan fingerprint density at radius 1 is 1.12 bits per heavy atom. The van der Waals surface area contributed by atoms with Crippen LogP contribution >= 0.6 is 0 Å². The molecule has 1 saturated heterocycles. The molecule has 3 nitrogen and oxygen atoms in total. The highest BCUT2D eigenvalue weighted by molar-refractivity contribution is 5.16. The molecule has 0 aromatic rings. The molecule has 3 fully saturated rings. The summed E-state index contributed by atoms with van der Waals surface area (Å²) in [6.45, 7) is 1.73. The maximum Gasteiger partial charge on any atom is 0.0971 e. The highest BCUT2D eigenvalue weighted by atomic mass is 16.3. The second-order valence-electron chi connectivity index (χ2n) is 6.24. The standard InChI is InChI=1S/C14H22N2O/c15-10-13(6-2-1-3-7-13)14(17)8-9-16(11-14)12-4-5-12/h12,17H,1-9,11H2. The molecule has 1 N–H and O–H groups in total. The largest absolute Gasteiger partial charge is 0.387 e. The van der Waals surface area contributed by atoms with Crippen LogP contribution in [0.15, 0.2) is 0 Å². The van der Waals surface area contributed by atoms with Gasteiger partial charge in [0.2, 0.25) is 0 Å². The predicted octanol–water partition coefficient (Wildman–Crippen LogP) is 2.06. The molecule has 1 heterocycles. The lowest BCUT2D eigenvalue weighted by Gasteiger charge is -2.42. The Kier molecular flexibility index (Phi) is 2.68. The zero-order chi connectivity index (χ0) is 11.9. The number of hydrogen-bond donors (Lipinski definition) is 1. The van der Waals surface area contributed by atoms with Gasteiger partial charge in [-0.1, -0.05) is 19.3 Å². The number of nitriles is 1. The van der Waals surface area contributed by atoms with Crippen molar-refractivity contribution in [1.29, 1.82) is 5.26 Å². The summed E-state index contributed by atoms with van der Waals surface area (Å²) in [5.41, 5.74) is -1.18. The molecule has 0 radical (unpaired) electrons. The average Bonchev–Trinajstić information content (AvgIpc) is 3.14. The van der Waals surface area contributed by atoms with Crippen molar-refractivity contribution in [1.82, 2.24) is 4.90 Å². The summed E-state index contributed by atoms with van der Waals surface area (Å²) >= 11 is 0. The van der Waals surface area contributed by atoms with Gasteiger partial charge >= 0.3 is 0 Å². The minimum Gasteiger partial charge on any atom is -0.387 e. The van der Waals surface area contributed by atoms with Gasteiger partial charge in [-0.15, -0.1) is 0 Å². The van der Waals surface area contributed by atoms with Gasteiger partial charge in [-0.2, -0.15) is 5.26 Å². The zero-order valence-electron chi connectivity index (χ0n) is 10.5. The smallest absolute Gasteiger partial charge is 0.0971 e. The molecule has 3 rings (SSSR count). The van der Waals surface area contributed by atoms with E-state index in [1.165, 1.54) is 19.3 Å². The van der Waals surface area contributed by atoms with Gasteiger partial charge < -0.3 is 5.11 Å². The van der Waals surface area contributed by atoms with Gasteiger partial charge in [0.05, 0.1) is 17.1 Å². The molecular weight excluding hydrogens is 212 g/mol. The number of nitrogens with zero attached hydrogens (tertiary/aromatic N) is 2. The van der Waals surface area contributed by atoms with Crippen molar-refractivity contribution in [2.75, 3.05) is 13.1 Å². The average molecular weight is 234 g/mol. The van der Waals surface area contributed by atoms with Crippen molar-refractivity contribution >= 4 is 0 Å². The maximum atomic E-state index is 10.9. The van der Waals surface area contributed by atoms with Gasteiger partial charge in [-0.25, -0.2) is 0 Å². The fourth-order valence-corrected chi connectivity index (χ4v) is 3.80. The van der Waals surface area contributed by atoms with E-state index in [-0.39, 0.29) is 0 Å². The van der Waals surface area contributed by atoms with Gasteiger partial charge in [0.15, 0.2) is 0 Å². The third-order valence-electron chi connectivity index (χ3n) is 5.15. The molecule has 2 aliphatic carbocycles. The van der Waals surface area contributed by atoms with E-state index in [2.05, 4.69) is 11.0 Å². The van der Waals surface area contributed by atoms with E-state index < -0.39 is 11.0 Å². The summed E-state index contributed by atoms with van der Waals surface area (Å²) in [6, 6.07) is 3.21. The van der Waals surface area contributed by atoms with Crippen molar-refractivity contribution in [2.45, 2.75) is 63.0 Å². The monoisotopic (exact) mass is 234 g/mol. The molecule has 94 valence electrons. The highest BCUT2D eigenvalue weighted by Crippen LogP contribution is 2.49.